The average molecular weight is 326 g/mol. The van der Waals surface area contributed by atoms with Gasteiger partial charge in [0.15, 0.2) is 0 Å². The van der Waals surface area contributed by atoms with E-state index in [2.05, 4.69) is 10.0 Å². The molecular weight excluding hydrogens is 304 g/mol. The lowest BCUT2D eigenvalue weighted by Gasteiger charge is -2.22. The van der Waals surface area contributed by atoms with Crippen LogP contribution in [0.25, 0.3) is 0 Å². The first-order valence-electron chi connectivity index (χ1n) is 7.58. The molecule has 1 saturated heterocycles. The third-order valence-electron chi connectivity index (χ3n) is 4.00. The monoisotopic (exact) mass is 326 g/mol. The number of sulfonamides is 1. The minimum Gasteiger partial charge on any atom is -0.384 e. The van der Waals surface area contributed by atoms with Gasteiger partial charge in [-0.2, -0.15) is 11.8 Å². The van der Waals surface area contributed by atoms with Crippen molar-refractivity contribution in [3.05, 3.63) is 24.3 Å². The van der Waals surface area contributed by atoms with Gasteiger partial charge in [0.2, 0.25) is 10.0 Å². The third kappa shape index (κ3) is 4.14. The summed E-state index contributed by atoms with van der Waals surface area (Å²) in [6.07, 6.45) is 4.34. The van der Waals surface area contributed by atoms with Crippen molar-refractivity contribution >= 4 is 27.5 Å². The van der Waals surface area contributed by atoms with Crippen molar-refractivity contribution in [2.75, 3.05) is 23.4 Å². The van der Waals surface area contributed by atoms with Gasteiger partial charge < -0.3 is 5.32 Å². The zero-order valence-corrected chi connectivity index (χ0v) is 13.7. The van der Waals surface area contributed by atoms with Crippen molar-refractivity contribution < 1.29 is 8.42 Å². The summed E-state index contributed by atoms with van der Waals surface area (Å²) < 4.78 is 27.6. The van der Waals surface area contributed by atoms with Gasteiger partial charge in [0, 0.05) is 12.6 Å². The molecule has 1 aliphatic heterocycles. The predicted molar refractivity (Wildman–Crippen MR) is 88.3 cm³/mol. The van der Waals surface area contributed by atoms with E-state index in [1.165, 1.54) is 24.3 Å². The zero-order chi connectivity index (χ0) is 14.7. The van der Waals surface area contributed by atoms with Crippen LogP contribution in [0.3, 0.4) is 0 Å². The van der Waals surface area contributed by atoms with Gasteiger partial charge in [0.1, 0.15) is 4.90 Å². The Morgan fingerprint density at radius 3 is 2.52 bits per heavy atom. The maximum absolute atomic E-state index is 12.4. The molecule has 116 valence electrons. The molecule has 1 aromatic carbocycles. The lowest BCUT2D eigenvalue weighted by atomic mass is 10.0. The quantitative estimate of drug-likeness (QED) is 0.844. The summed E-state index contributed by atoms with van der Waals surface area (Å²) in [6.45, 7) is 0.858. The summed E-state index contributed by atoms with van der Waals surface area (Å²) in [5, 5.41) is 3.35. The van der Waals surface area contributed by atoms with Crippen LogP contribution in [-0.2, 0) is 10.0 Å². The Morgan fingerprint density at radius 1 is 1.10 bits per heavy atom. The van der Waals surface area contributed by atoms with Gasteiger partial charge in [-0.05, 0) is 55.2 Å². The van der Waals surface area contributed by atoms with Crippen LogP contribution in [0, 0.1) is 5.92 Å². The molecule has 2 N–H and O–H groups in total. The molecule has 0 atom stereocenters. The first-order valence-corrected chi connectivity index (χ1v) is 10.2. The van der Waals surface area contributed by atoms with Gasteiger partial charge in [-0.1, -0.05) is 12.1 Å². The van der Waals surface area contributed by atoms with Crippen LogP contribution in [0.4, 0.5) is 5.69 Å². The molecule has 1 heterocycles. The van der Waals surface area contributed by atoms with Crippen LogP contribution >= 0.6 is 11.8 Å². The van der Waals surface area contributed by atoms with E-state index in [0.717, 1.165) is 25.1 Å². The van der Waals surface area contributed by atoms with Crippen LogP contribution < -0.4 is 10.0 Å². The highest BCUT2D eigenvalue weighted by molar-refractivity contribution is 7.99. The van der Waals surface area contributed by atoms with Crippen molar-refractivity contribution in [2.24, 2.45) is 5.92 Å². The number of benzene rings is 1. The molecule has 0 unspecified atom stereocenters. The van der Waals surface area contributed by atoms with Gasteiger partial charge in [-0.3, -0.25) is 0 Å². The van der Waals surface area contributed by atoms with Crippen LogP contribution in [-0.4, -0.2) is 32.5 Å². The highest BCUT2D eigenvalue weighted by Gasteiger charge is 2.29. The Labute approximate surface area is 131 Å². The molecule has 0 aromatic heterocycles. The molecule has 1 saturated carbocycles. The second-order valence-electron chi connectivity index (χ2n) is 5.83. The van der Waals surface area contributed by atoms with Crippen LogP contribution in [0.1, 0.15) is 25.7 Å². The molecular formula is C15H22N2O2S2. The fourth-order valence-electron chi connectivity index (χ4n) is 2.54. The van der Waals surface area contributed by atoms with E-state index in [4.69, 9.17) is 0 Å². The molecule has 21 heavy (non-hydrogen) atoms. The summed E-state index contributed by atoms with van der Waals surface area (Å²) in [6, 6.07) is 7.35. The second kappa shape index (κ2) is 6.58. The number of thioether (sulfide) groups is 1. The fourth-order valence-corrected chi connectivity index (χ4v) is 5.23. The van der Waals surface area contributed by atoms with Gasteiger partial charge in [-0.25, -0.2) is 13.1 Å². The maximum atomic E-state index is 12.4. The van der Waals surface area contributed by atoms with Crippen molar-refractivity contribution in [3.63, 3.8) is 0 Å². The lowest BCUT2D eigenvalue weighted by Crippen LogP contribution is -2.27. The third-order valence-corrected chi connectivity index (χ3v) is 6.63. The van der Waals surface area contributed by atoms with Crippen LogP contribution in [0.2, 0.25) is 0 Å². The zero-order valence-electron chi connectivity index (χ0n) is 12.0. The number of anilines is 1. The van der Waals surface area contributed by atoms with Crippen molar-refractivity contribution in [3.8, 4) is 0 Å². The van der Waals surface area contributed by atoms with Crippen molar-refractivity contribution in [1.29, 1.82) is 0 Å². The summed E-state index contributed by atoms with van der Waals surface area (Å²) in [7, 11) is -3.40. The van der Waals surface area contributed by atoms with Gasteiger partial charge in [0.25, 0.3) is 0 Å². The summed E-state index contributed by atoms with van der Waals surface area (Å²) in [4.78, 5) is 0.377. The molecule has 2 aliphatic rings. The maximum Gasteiger partial charge on any atom is 0.242 e. The van der Waals surface area contributed by atoms with Crippen molar-refractivity contribution in [1.82, 2.24) is 4.72 Å². The molecule has 0 spiro atoms. The Morgan fingerprint density at radius 2 is 1.81 bits per heavy atom. The van der Waals surface area contributed by atoms with E-state index in [0.29, 0.717) is 10.8 Å². The minimum atomic E-state index is -3.40. The molecule has 3 rings (SSSR count). The standard InChI is InChI=1S/C15H22N2O2S2/c18-21(19,17-13-5-6-13)15-4-2-1-3-14(15)16-11-12-7-9-20-10-8-12/h1-4,12-13,16-17H,5-11H2. The average Bonchev–Trinajstić information content (AvgIpc) is 3.30. The van der Waals surface area contributed by atoms with Crippen LogP contribution in [0.5, 0.6) is 0 Å². The predicted octanol–water partition coefficient (Wildman–Crippen LogP) is 2.68. The normalized spacial score (nSPS) is 20.4. The first-order chi connectivity index (χ1) is 10.1. The molecule has 0 amide bonds. The largest absolute Gasteiger partial charge is 0.384 e. The van der Waals surface area contributed by atoms with E-state index >= 15 is 0 Å². The number of hydrogen-bond acceptors (Lipinski definition) is 4. The Hall–Kier alpha value is -0.720. The number of hydrogen-bond donors (Lipinski definition) is 2. The number of para-hydroxylation sites is 1. The summed E-state index contributed by atoms with van der Waals surface area (Å²) in [5.74, 6) is 3.09. The summed E-state index contributed by atoms with van der Waals surface area (Å²) >= 11 is 2.01. The Bertz CT molecular complexity index is 579. The first kappa shape index (κ1) is 15.2. The molecule has 1 aromatic rings. The van der Waals surface area contributed by atoms with E-state index in [9.17, 15) is 8.42 Å². The minimum absolute atomic E-state index is 0.137. The summed E-state index contributed by atoms with van der Waals surface area (Å²) in [5.41, 5.74) is 0.726. The van der Waals surface area contributed by atoms with E-state index in [1.807, 2.05) is 23.9 Å². The van der Waals surface area contributed by atoms with Crippen LogP contribution in [0.15, 0.2) is 29.2 Å². The highest BCUT2D eigenvalue weighted by atomic mass is 32.2. The van der Waals surface area contributed by atoms with Gasteiger partial charge in [-0.15, -0.1) is 0 Å². The highest BCUT2D eigenvalue weighted by Crippen LogP contribution is 2.27. The van der Waals surface area contributed by atoms with Crippen molar-refractivity contribution in [2.45, 2.75) is 36.6 Å². The van der Waals surface area contributed by atoms with E-state index < -0.39 is 10.0 Å². The smallest absolute Gasteiger partial charge is 0.242 e. The number of nitrogens with one attached hydrogen (secondary N) is 2. The molecule has 2 fully saturated rings. The second-order valence-corrected chi connectivity index (χ2v) is 8.74. The SMILES string of the molecule is O=S(=O)(NC1CC1)c1ccccc1NCC1CCSCC1. The molecule has 0 bridgehead atoms. The Balaban J connectivity index is 1.69. The molecule has 1 aliphatic carbocycles. The fraction of sp³-hybridized carbons (Fsp3) is 0.600. The van der Waals surface area contributed by atoms with E-state index in [-0.39, 0.29) is 6.04 Å². The topological polar surface area (TPSA) is 58.2 Å². The lowest BCUT2D eigenvalue weighted by molar-refractivity contribution is 0.515. The molecule has 4 nitrogen and oxygen atoms in total. The van der Waals surface area contributed by atoms with E-state index in [1.54, 1.807) is 12.1 Å². The van der Waals surface area contributed by atoms with Gasteiger partial charge >= 0.3 is 0 Å². The Kier molecular flexibility index (Phi) is 4.76. The molecule has 0 radical (unpaired) electrons. The number of rotatable bonds is 6. The molecule has 6 heteroatoms. The van der Waals surface area contributed by atoms with Gasteiger partial charge in [0.05, 0.1) is 5.69 Å².